The summed E-state index contributed by atoms with van der Waals surface area (Å²) < 4.78 is 14.5. The van der Waals surface area contributed by atoms with Gasteiger partial charge in [-0.25, -0.2) is 8.91 Å². The van der Waals surface area contributed by atoms with Gasteiger partial charge in [0.1, 0.15) is 5.82 Å². The zero-order chi connectivity index (χ0) is 13.3. The molecule has 1 aliphatic rings. The molecule has 102 valence electrons. The first kappa shape index (κ1) is 12.3. The molecule has 0 saturated heterocycles. The Hall–Kier alpha value is -1.69. The Bertz CT molecular complexity index is 577. The maximum absolute atomic E-state index is 13.1. The van der Waals surface area contributed by atoms with Crippen LogP contribution in [-0.2, 0) is 0 Å². The minimum atomic E-state index is -0.341. The van der Waals surface area contributed by atoms with Crippen molar-refractivity contribution in [3.05, 3.63) is 24.1 Å². The summed E-state index contributed by atoms with van der Waals surface area (Å²) in [4.78, 5) is 4.27. The van der Waals surface area contributed by atoms with Crippen LogP contribution in [0.3, 0.4) is 0 Å². The van der Waals surface area contributed by atoms with Crippen LogP contribution in [0.15, 0.2) is 18.3 Å². The molecule has 2 aromatic heterocycles. The maximum atomic E-state index is 13.1. The highest BCUT2D eigenvalue weighted by Gasteiger charge is 2.33. The van der Waals surface area contributed by atoms with E-state index in [4.69, 9.17) is 0 Å². The number of aromatic nitrogens is 3. The Morgan fingerprint density at radius 3 is 2.89 bits per heavy atom. The molecule has 3 rings (SSSR count). The lowest BCUT2D eigenvalue weighted by molar-refractivity contribution is 0.142. The van der Waals surface area contributed by atoms with Crippen molar-refractivity contribution in [2.75, 3.05) is 18.5 Å². The van der Waals surface area contributed by atoms with Crippen molar-refractivity contribution in [2.45, 2.75) is 25.7 Å². The number of anilines is 1. The van der Waals surface area contributed by atoms with Gasteiger partial charge in [0, 0.05) is 12.0 Å². The fourth-order valence-electron chi connectivity index (χ4n) is 2.72. The monoisotopic (exact) mass is 264 g/mol. The van der Waals surface area contributed by atoms with Crippen LogP contribution in [0.4, 0.5) is 10.3 Å². The van der Waals surface area contributed by atoms with E-state index in [1.165, 1.54) is 16.8 Å². The van der Waals surface area contributed by atoms with E-state index < -0.39 is 0 Å². The van der Waals surface area contributed by atoms with Crippen LogP contribution < -0.4 is 5.32 Å². The molecule has 0 bridgehead atoms. The molecule has 0 aromatic carbocycles. The van der Waals surface area contributed by atoms with Gasteiger partial charge in [0.15, 0.2) is 5.65 Å². The van der Waals surface area contributed by atoms with Crippen LogP contribution in [0.2, 0.25) is 0 Å². The second-order valence-corrected chi connectivity index (χ2v) is 5.30. The van der Waals surface area contributed by atoms with Gasteiger partial charge in [0.25, 0.3) is 0 Å². The Morgan fingerprint density at radius 2 is 2.16 bits per heavy atom. The van der Waals surface area contributed by atoms with Gasteiger partial charge in [-0.2, -0.15) is 4.98 Å². The predicted octanol–water partition coefficient (Wildman–Crippen LogP) is 1.83. The smallest absolute Gasteiger partial charge is 0.243 e. The highest BCUT2D eigenvalue weighted by molar-refractivity contribution is 5.43. The van der Waals surface area contributed by atoms with Crippen LogP contribution in [-0.4, -0.2) is 32.9 Å². The molecule has 6 heteroatoms. The summed E-state index contributed by atoms with van der Waals surface area (Å²) in [7, 11) is 0. The van der Waals surface area contributed by atoms with E-state index in [1.54, 1.807) is 6.07 Å². The summed E-state index contributed by atoms with van der Waals surface area (Å²) in [5.41, 5.74) is 0.552. The third kappa shape index (κ3) is 2.40. The molecule has 5 nitrogen and oxygen atoms in total. The first-order chi connectivity index (χ1) is 9.21. The van der Waals surface area contributed by atoms with Gasteiger partial charge >= 0.3 is 0 Å². The molecule has 0 aliphatic heterocycles. The van der Waals surface area contributed by atoms with Crippen molar-refractivity contribution in [1.82, 2.24) is 14.6 Å². The normalized spacial score (nSPS) is 18.0. The quantitative estimate of drug-likeness (QED) is 0.884. The third-order valence-electron chi connectivity index (χ3n) is 3.92. The molecule has 0 unspecified atom stereocenters. The molecule has 1 saturated carbocycles. The summed E-state index contributed by atoms with van der Waals surface area (Å²) in [6.45, 7) is 0.838. The summed E-state index contributed by atoms with van der Waals surface area (Å²) >= 11 is 0. The third-order valence-corrected chi connectivity index (χ3v) is 3.92. The molecule has 2 aromatic rings. The number of halogens is 1. The van der Waals surface area contributed by atoms with Crippen LogP contribution in [0.5, 0.6) is 0 Å². The number of hydrogen-bond acceptors (Lipinski definition) is 4. The van der Waals surface area contributed by atoms with E-state index in [-0.39, 0.29) is 17.8 Å². The zero-order valence-corrected chi connectivity index (χ0v) is 10.6. The fourth-order valence-corrected chi connectivity index (χ4v) is 2.72. The largest absolute Gasteiger partial charge is 0.396 e. The number of pyridine rings is 1. The van der Waals surface area contributed by atoms with Crippen LogP contribution in [0.25, 0.3) is 5.65 Å². The molecule has 2 N–H and O–H groups in total. The molecule has 1 fully saturated rings. The number of rotatable bonds is 4. The second kappa shape index (κ2) is 4.77. The molecule has 1 aliphatic carbocycles. The van der Waals surface area contributed by atoms with Gasteiger partial charge in [-0.3, -0.25) is 0 Å². The molecular formula is C13H17FN4O. The van der Waals surface area contributed by atoms with Crippen molar-refractivity contribution in [2.24, 2.45) is 5.41 Å². The average Bonchev–Trinajstić information content (AvgIpc) is 3.02. The van der Waals surface area contributed by atoms with E-state index in [0.29, 0.717) is 18.1 Å². The van der Waals surface area contributed by atoms with E-state index in [2.05, 4.69) is 15.4 Å². The van der Waals surface area contributed by atoms with Crippen LogP contribution in [0.1, 0.15) is 25.7 Å². The summed E-state index contributed by atoms with van der Waals surface area (Å²) in [6.07, 6.45) is 5.67. The van der Waals surface area contributed by atoms with Crippen molar-refractivity contribution >= 4 is 11.6 Å². The Balaban J connectivity index is 1.74. The number of fused-ring (bicyclic) bond motifs is 1. The summed E-state index contributed by atoms with van der Waals surface area (Å²) in [5.74, 6) is 0.136. The number of hydrogen-bond donors (Lipinski definition) is 2. The number of nitrogens with one attached hydrogen (secondary N) is 1. The standard InChI is InChI=1S/C13H17FN4O/c14-10-3-4-11-16-12(17-18(11)7-10)15-8-13(9-19)5-1-2-6-13/h3-4,7,19H,1-2,5-6,8-9H2,(H,15,17). The predicted molar refractivity (Wildman–Crippen MR) is 69.4 cm³/mol. The molecule has 0 atom stereocenters. The minimum absolute atomic E-state index is 0.0528. The van der Waals surface area contributed by atoms with Gasteiger partial charge in [-0.1, -0.05) is 12.8 Å². The van der Waals surface area contributed by atoms with Gasteiger partial charge < -0.3 is 10.4 Å². The molecule has 2 heterocycles. The Labute approximate surface area is 110 Å². The molecule has 19 heavy (non-hydrogen) atoms. The Kier molecular flexibility index (Phi) is 3.10. The average molecular weight is 264 g/mol. The van der Waals surface area contributed by atoms with Crippen LogP contribution >= 0.6 is 0 Å². The van der Waals surface area contributed by atoms with E-state index >= 15 is 0 Å². The van der Waals surface area contributed by atoms with Crippen LogP contribution in [0, 0.1) is 11.2 Å². The van der Waals surface area contributed by atoms with Crippen molar-refractivity contribution < 1.29 is 9.50 Å². The highest BCUT2D eigenvalue weighted by atomic mass is 19.1. The van der Waals surface area contributed by atoms with Gasteiger partial charge in [-0.15, -0.1) is 5.10 Å². The lowest BCUT2D eigenvalue weighted by atomic mass is 9.87. The Morgan fingerprint density at radius 1 is 1.37 bits per heavy atom. The van der Waals surface area contributed by atoms with Crippen molar-refractivity contribution in [3.8, 4) is 0 Å². The molecular weight excluding hydrogens is 247 g/mol. The van der Waals surface area contributed by atoms with Gasteiger partial charge in [-0.05, 0) is 25.0 Å². The maximum Gasteiger partial charge on any atom is 0.243 e. The first-order valence-electron chi connectivity index (χ1n) is 6.57. The van der Waals surface area contributed by atoms with E-state index in [9.17, 15) is 9.50 Å². The lowest BCUT2D eigenvalue weighted by Gasteiger charge is -2.26. The topological polar surface area (TPSA) is 62.5 Å². The highest BCUT2D eigenvalue weighted by Crippen LogP contribution is 2.37. The van der Waals surface area contributed by atoms with E-state index in [1.807, 2.05) is 0 Å². The fraction of sp³-hybridized carbons (Fsp3) is 0.538. The number of nitrogens with zero attached hydrogens (tertiary/aromatic N) is 3. The molecule has 0 amide bonds. The van der Waals surface area contributed by atoms with Gasteiger partial charge in [0.05, 0.1) is 12.8 Å². The minimum Gasteiger partial charge on any atom is -0.396 e. The lowest BCUT2D eigenvalue weighted by Crippen LogP contribution is -2.30. The zero-order valence-electron chi connectivity index (χ0n) is 10.6. The number of aliphatic hydroxyl groups is 1. The number of aliphatic hydroxyl groups excluding tert-OH is 1. The van der Waals surface area contributed by atoms with Crippen molar-refractivity contribution in [1.29, 1.82) is 0 Å². The van der Waals surface area contributed by atoms with E-state index in [0.717, 1.165) is 25.7 Å². The summed E-state index contributed by atoms with van der Waals surface area (Å²) in [6, 6.07) is 2.95. The first-order valence-corrected chi connectivity index (χ1v) is 6.57. The summed E-state index contributed by atoms with van der Waals surface area (Å²) in [5, 5.41) is 16.9. The molecule has 0 spiro atoms. The second-order valence-electron chi connectivity index (χ2n) is 5.30. The van der Waals surface area contributed by atoms with Gasteiger partial charge in [0.2, 0.25) is 5.95 Å². The molecule has 0 radical (unpaired) electrons. The van der Waals surface area contributed by atoms with Crippen molar-refractivity contribution in [3.63, 3.8) is 0 Å². The SMILES string of the molecule is OCC1(CNc2nc3ccc(F)cn3n2)CCCC1.